The summed E-state index contributed by atoms with van der Waals surface area (Å²) in [4.78, 5) is 2.46. The highest BCUT2D eigenvalue weighted by atomic mass is 16.6. The molecule has 1 aromatic rings. The number of rotatable bonds is 6. The molecule has 20 heavy (non-hydrogen) atoms. The van der Waals surface area contributed by atoms with Crippen LogP contribution in [0.4, 0.5) is 0 Å². The number of benzene rings is 1. The maximum absolute atomic E-state index is 5.91. The number of ether oxygens (including phenoxy) is 3. The van der Waals surface area contributed by atoms with Gasteiger partial charge in [-0.15, -0.1) is 0 Å². The van der Waals surface area contributed by atoms with Crippen molar-refractivity contribution in [2.45, 2.75) is 19.4 Å². The second-order valence-corrected chi connectivity index (χ2v) is 5.58. The summed E-state index contributed by atoms with van der Waals surface area (Å²) in [6.45, 7) is 8.49. The van der Waals surface area contributed by atoms with Crippen molar-refractivity contribution in [3.05, 3.63) is 29.3 Å². The summed E-state index contributed by atoms with van der Waals surface area (Å²) in [6.07, 6.45) is 1.34. The number of morpholine rings is 1. The van der Waals surface area contributed by atoms with E-state index >= 15 is 0 Å². The van der Waals surface area contributed by atoms with Gasteiger partial charge >= 0.3 is 0 Å². The third-order valence-electron chi connectivity index (χ3n) is 3.85. The highest BCUT2D eigenvalue weighted by Crippen LogP contribution is 2.23. The van der Waals surface area contributed by atoms with Crippen LogP contribution in [-0.2, 0) is 15.9 Å². The van der Waals surface area contributed by atoms with E-state index in [9.17, 15) is 0 Å². The van der Waals surface area contributed by atoms with Crippen LogP contribution < -0.4 is 4.74 Å². The van der Waals surface area contributed by atoms with Gasteiger partial charge in [-0.2, -0.15) is 0 Å². The molecule has 110 valence electrons. The molecule has 2 fully saturated rings. The predicted octanol–water partition coefficient (Wildman–Crippen LogP) is 1.65. The standard InChI is InChI=1S/C16H23NO3/c1-13-2-3-14(4-5-17-6-8-18-9-7-17)16(10-13)20-12-15-11-19-15/h2-3,10,15H,4-9,11-12H2,1H3/t15-/m0/s1. The molecule has 2 aliphatic rings. The molecule has 2 heterocycles. The minimum absolute atomic E-state index is 0.308. The Bertz CT molecular complexity index is 439. The lowest BCUT2D eigenvalue weighted by atomic mass is 10.1. The zero-order valence-corrected chi connectivity index (χ0v) is 12.1. The monoisotopic (exact) mass is 277 g/mol. The van der Waals surface area contributed by atoms with Gasteiger partial charge in [-0.1, -0.05) is 12.1 Å². The average Bonchev–Trinajstić information content (AvgIpc) is 3.29. The van der Waals surface area contributed by atoms with Gasteiger partial charge in [-0.3, -0.25) is 4.90 Å². The summed E-state index contributed by atoms with van der Waals surface area (Å²) in [7, 11) is 0. The summed E-state index contributed by atoms with van der Waals surface area (Å²) in [5, 5.41) is 0. The third-order valence-corrected chi connectivity index (χ3v) is 3.85. The van der Waals surface area contributed by atoms with E-state index in [1.165, 1.54) is 11.1 Å². The first-order valence-electron chi connectivity index (χ1n) is 7.45. The van der Waals surface area contributed by atoms with Gasteiger partial charge in [0.2, 0.25) is 0 Å². The van der Waals surface area contributed by atoms with Crippen molar-refractivity contribution in [3.63, 3.8) is 0 Å². The van der Waals surface area contributed by atoms with Crippen LogP contribution in [0.15, 0.2) is 18.2 Å². The van der Waals surface area contributed by atoms with E-state index in [2.05, 4.69) is 30.0 Å². The second kappa shape index (κ2) is 6.57. The molecule has 2 saturated heterocycles. The molecule has 0 aliphatic carbocycles. The van der Waals surface area contributed by atoms with Gasteiger partial charge in [0.05, 0.1) is 19.8 Å². The molecule has 3 rings (SSSR count). The van der Waals surface area contributed by atoms with Crippen molar-refractivity contribution in [1.29, 1.82) is 0 Å². The maximum Gasteiger partial charge on any atom is 0.122 e. The Morgan fingerprint density at radius 2 is 2.10 bits per heavy atom. The molecule has 2 aliphatic heterocycles. The Hall–Kier alpha value is -1.10. The summed E-state index contributed by atoms with van der Waals surface area (Å²) >= 11 is 0. The molecule has 1 aromatic carbocycles. The van der Waals surface area contributed by atoms with Crippen LogP contribution in [0.5, 0.6) is 5.75 Å². The van der Waals surface area contributed by atoms with Crippen LogP contribution in [0.25, 0.3) is 0 Å². The molecule has 0 unspecified atom stereocenters. The van der Waals surface area contributed by atoms with E-state index in [1.807, 2.05) is 0 Å². The van der Waals surface area contributed by atoms with Gasteiger partial charge in [-0.25, -0.2) is 0 Å². The Morgan fingerprint density at radius 3 is 2.85 bits per heavy atom. The van der Waals surface area contributed by atoms with Crippen molar-refractivity contribution < 1.29 is 14.2 Å². The molecule has 0 N–H and O–H groups in total. The zero-order valence-electron chi connectivity index (χ0n) is 12.1. The summed E-state index contributed by atoms with van der Waals surface area (Å²) in [5.74, 6) is 1.02. The molecule has 0 spiro atoms. The van der Waals surface area contributed by atoms with Crippen LogP contribution in [-0.4, -0.2) is 57.1 Å². The van der Waals surface area contributed by atoms with E-state index in [0.717, 1.165) is 51.6 Å². The van der Waals surface area contributed by atoms with Gasteiger partial charge in [0.1, 0.15) is 18.5 Å². The third kappa shape index (κ3) is 3.95. The maximum atomic E-state index is 5.91. The fraction of sp³-hybridized carbons (Fsp3) is 0.625. The molecule has 0 saturated carbocycles. The molecular weight excluding hydrogens is 254 g/mol. The average molecular weight is 277 g/mol. The van der Waals surface area contributed by atoms with E-state index in [-0.39, 0.29) is 0 Å². The quantitative estimate of drug-likeness (QED) is 0.741. The minimum Gasteiger partial charge on any atom is -0.490 e. The summed E-state index contributed by atoms with van der Waals surface area (Å²) in [5.41, 5.74) is 2.54. The van der Waals surface area contributed by atoms with Gasteiger partial charge in [0.25, 0.3) is 0 Å². The molecule has 1 atom stereocenters. The van der Waals surface area contributed by atoms with Crippen LogP contribution in [0.1, 0.15) is 11.1 Å². The van der Waals surface area contributed by atoms with Gasteiger partial charge < -0.3 is 14.2 Å². The Kier molecular flexibility index (Phi) is 4.55. The van der Waals surface area contributed by atoms with Gasteiger partial charge in [0, 0.05) is 19.6 Å². The molecular formula is C16H23NO3. The van der Waals surface area contributed by atoms with E-state index in [0.29, 0.717) is 12.7 Å². The van der Waals surface area contributed by atoms with E-state index < -0.39 is 0 Å². The van der Waals surface area contributed by atoms with Crippen molar-refractivity contribution in [2.24, 2.45) is 0 Å². The normalized spacial score (nSPS) is 22.8. The van der Waals surface area contributed by atoms with Crippen LogP contribution in [0.3, 0.4) is 0 Å². The molecule has 0 radical (unpaired) electrons. The minimum atomic E-state index is 0.308. The first kappa shape index (κ1) is 13.9. The van der Waals surface area contributed by atoms with Crippen molar-refractivity contribution >= 4 is 0 Å². The first-order valence-corrected chi connectivity index (χ1v) is 7.45. The first-order chi connectivity index (χ1) is 9.81. The smallest absolute Gasteiger partial charge is 0.122 e. The number of aryl methyl sites for hydroxylation is 1. The number of hydrogen-bond acceptors (Lipinski definition) is 4. The van der Waals surface area contributed by atoms with Crippen LogP contribution in [0.2, 0.25) is 0 Å². The SMILES string of the molecule is Cc1ccc(CCN2CCOCC2)c(OC[C@@H]2CO2)c1. The van der Waals surface area contributed by atoms with Gasteiger partial charge in [0.15, 0.2) is 0 Å². The highest BCUT2D eigenvalue weighted by Gasteiger charge is 2.23. The molecule has 0 aromatic heterocycles. The largest absolute Gasteiger partial charge is 0.490 e. The Balaban J connectivity index is 1.58. The van der Waals surface area contributed by atoms with E-state index in [1.54, 1.807) is 0 Å². The Labute approximate surface area is 120 Å². The summed E-state index contributed by atoms with van der Waals surface area (Å²) < 4.78 is 16.5. The van der Waals surface area contributed by atoms with E-state index in [4.69, 9.17) is 14.2 Å². The lowest BCUT2D eigenvalue weighted by Gasteiger charge is -2.26. The highest BCUT2D eigenvalue weighted by molar-refractivity contribution is 5.37. The summed E-state index contributed by atoms with van der Waals surface area (Å²) in [6, 6.07) is 6.49. The fourth-order valence-electron chi connectivity index (χ4n) is 2.45. The number of epoxide rings is 1. The predicted molar refractivity (Wildman–Crippen MR) is 77.4 cm³/mol. The second-order valence-electron chi connectivity index (χ2n) is 5.58. The van der Waals surface area contributed by atoms with Crippen molar-refractivity contribution in [2.75, 3.05) is 46.1 Å². The molecule has 0 bridgehead atoms. The Morgan fingerprint density at radius 1 is 1.30 bits per heavy atom. The molecule has 4 nitrogen and oxygen atoms in total. The lowest BCUT2D eigenvalue weighted by Crippen LogP contribution is -2.37. The molecule has 0 amide bonds. The fourth-order valence-corrected chi connectivity index (χ4v) is 2.45. The number of hydrogen-bond donors (Lipinski definition) is 0. The van der Waals surface area contributed by atoms with Crippen LogP contribution >= 0.6 is 0 Å². The topological polar surface area (TPSA) is 34.2 Å². The van der Waals surface area contributed by atoms with Crippen molar-refractivity contribution in [1.82, 2.24) is 4.90 Å². The van der Waals surface area contributed by atoms with Gasteiger partial charge in [-0.05, 0) is 30.5 Å². The van der Waals surface area contributed by atoms with Crippen molar-refractivity contribution in [3.8, 4) is 5.75 Å². The zero-order chi connectivity index (χ0) is 13.8. The van der Waals surface area contributed by atoms with Crippen LogP contribution in [0, 0.1) is 6.92 Å². The lowest BCUT2D eigenvalue weighted by molar-refractivity contribution is 0.0383. The number of nitrogens with zero attached hydrogens (tertiary/aromatic N) is 1. The molecule has 4 heteroatoms.